The van der Waals surface area contributed by atoms with Crippen molar-refractivity contribution in [1.82, 2.24) is 9.88 Å². The Morgan fingerprint density at radius 2 is 1.68 bits per heavy atom. The molecule has 5 rings (SSSR count). The Morgan fingerprint density at radius 1 is 0.912 bits per heavy atom. The van der Waals surface area contributed by atoms with Gasteiger partial charge in [0.2, 0.25) is 0 Å². The van der Waals surface area contributed by atoms with Crippen LogP contribution in [0.1, 0.15) is 18.5 Å². The number of nitrogens with one attached hydrogen (secondary N) is 1. The van der Waals surface area contributed by atoms with Crippen LogP contribution in [0.3, 0.4) is 0 Å². The van der Waals surface area contributed by atoms with Gasteiger partial charge >= 0.3 is 0 Å². The predicted molar refractivity (Wildman–Crippen MR) is 151 cm³/mol. The van der Waals surface area contributed by atoms with Crippen molar-refractivity contribution in [3.05, 3.63) is 92.5 Å². The molecule has 1 atom stereocenters. The lowest BCUT2D eigenvalue weighted by Crippen LogP contribution is -2.47. The van der Waals surface area contributed by atoms with Crippen LogP contribution in [0.2, 0.25) is 5.02 Å². The van der Waals surface area contributed by atoms with Crippen LogP contribution in [0, 0.1) is 0 Å². The third-order valence-electron chi connectivity index (χ3n) is 6.49. The lowest BCUT2D eigenvalue weighted by Gasteiger charge is -2.39. The lowest BCUT2D eigenvalue weighted by molar-refractivity contribution is 0.198. The minimum Gasteiger partial charge on any atom is -0.368 e. The summed E-state index contributed by atoms with van der Waals surface area (Å²) < 4.78 is 2.25. The topological polar surface area (TPSA) is 31.4 Å². The standard InChI is InChI=1S/C27H25Br2ClN4/c1-18(33-12-14-34(15-13-33)27-16-20(28)4-9-24(27)29)19-2-6-22(7-3-19)32-25-10-11-31-26-17-21(30)5-8-23(25)26/h2-11,16-18H,12-15H2,1H3,(H,31,32). The fraction of sp³-hybridized carbons (Fsp3) is 0.222. The van der Waals surface area contributed by atoms with E-state index in [0.717, 1.165) is 57.4 Å². The van der Waals surface area contributed by atoms with Crippen LogP contribution in [-0.2, 0) is 0 Å². The molecular weight excluding hydrogens is 576 g/mol. The van der Waals surface area contributed by atoms with Gasteiger partial charge < -0.3 is 10.2 Å². The lowest BCUT2D eigenvalue weighted by atomic mass is 10.1. The molecule has 1 saturated heterocycles. The second-order valence-corrected chi connectivity index (χ2v) is 10.8. The molecule has 4 aromatic rings. The fourth-order valence-electron chi connectivity index (χ4n) is 4.52. The summed E-state index contributed by atoms with van der Waals surface area (Å²) in [5.74, 6) is 0. The van der Waals surface area contributed by atoms with Crippen molar-refractivity contribution in [1.29, 1.82) is 0 Å². The number of benzene rings is 3. The molecule has 1 aromatic heterocycles. The number of piperazine rings is 1. The number of hydrogen-bond acceptors (Lipinski definition) is 4. The summed E-state index contributed by atoms with van der Waals surface area (Å²) >= 11 is 13.4. The van der Waals surface area contributed by atoms with Crippen LogP contribution in [0.4, 0.5) is 17.1 Å². The van der Waals surface area contributed by atoms with Crippen LogP contribution in [0.25, 0.3) is 10.9 Å². The highest BCUT2D eigenvalue weighted by Crippen LogP contribution is 2.32. The van der Waals surface area contributed by atoms with Gasteiger partial charge in [-0.15, -0.1) is 0 Å². The van der Waals surface area contributed by atoms with E-state index in [4.69, 9.17) is 11.6 Å². The molecule has 0 amide bonds. The molecule has 0 spiro atoms. The first-order chi connectivity index (χ1) is 16.5. The van der Waals surface area contributed by atoms with Gasteiger partial charge in [0.15, 0.2) is 0 Å². The molecule has 34 heavy (non-hydrogen) atoms. The van der Waals surface area contributed by atoms with Gasteiger partial charge in [0.25, 0.3) is 0 Å². The highest BCUT2D eigenvalue weighted by Gasteiger charge is 2.23. The van der Waals surface area contributed by atoms with E-state index in [1.807, 2.05) is 30.5 Å². The molecule has 4 nitrogen and oxygen atoms in total. The van der Waals surface area contributed by atoms with Crippen molar-refractivity contribution >= 4 is 71.4 Å². The van der Waals surface area contributed by atoms with Gasteiger partial charge in [0, 0.05) is 69.1 Å². The van der Waals surface area contributed by atoms with Crippen LogP contribution < -0.4 is 10.2 Å². The van der Waals surface area contributed by atoms with Crippen LogP contribution in [0.15, 0.2) is 81.9 Å². The van der Waals surface area contributed by atoms with E-state index < -0.39 is 0 Å². The third-order valence-corrected chi connectivity index (χ3v) is 7.89. The Hall–Kier alpha value is -2.12. The average Bonchev–Trinajstić information content (AvgIpc) is 2.86. The van der Waals surface area contributed by atoms with E-state index in [-0.39, 0.29) is 0 Å². The maximum absolute atomic E-state index is 6.12. The Balaban J connectivity index is 1.24. The number of hydrogen-bond donors (Lipinski definition) is 1. The van der Waals surface area contributed by atoms with Crippen molar-refractivity contribution in [2.45, 2.75) is 13.0 Å². The second kappa shape index (κ2) is 10.2. The summed E-state index contributed by atoms with van der Waals surface area (Å²) in [6, 6.07) is 23.3. The average molecular weight is 601 g/mol. The van der Waals surface area contributed by atoms with Crippen molar-refractivity contribution in [2.75, 3.05) is 36.4 Å². The first-order valence-corrected chi connectivity index (χ1v) is 13.3. The first-order valence-electron chi connectivity index (χ1n) is 11.3. The summed E-state index contributed by atoms with van der Waals surface area (Å²) in [6.45, 7) is 6.39. The number of fused-ring (bicyclic) bond motifs is 1. The molecule has 2 heterocycles. The Bertz CT molecular complexity index is 1300. The molecule has 1 fully saturated rings. The number of nitrogens with zero attached hydrogens (tertiary/aromatic N) is 3. The van der Waals surface area contributed by atoms with E-state index in [9.17, 15) is 0 Å². The summed E-state index contributed by atoms with van der Waals surface area (Å²) in [5, 5.41) is 5.28. The van der Waals surface area contributed by atoms with E-state index in [2.05, 4.69) is 101 Å². The van der Waals surface area contributed by atoms with Crippen LogP contribution in [-0.4, -0.2) is 36.1 Å². The molecule has 0 bridgehead atoms. The number of pyridine rings is 1. The van der Waals surface area contributed by atoms with Crippen molar-refractivity contribution < 1.29 is 0 Å². The van der Waals surface area contributed by atoms with E-state index >= 15 is 0 Å². The van der Waals surface area contributed by atoms with Gasteiger partial charge in [0.1, 0.15) is 0 Å². The molecule has 0 aliphatic carbocycles. The third kappa shape index (κ3) is 5.10. The number of rotatable bonds is 5. The highest BCUT2D eigenvalue weighted by atomic mass is 79.9. The molecular formula is C27H25Br2ClN4. The molecule has 7 heteroatoms. The largest absolute Gasteiger partial charge is 0.368 e. The van der Waals surface area contributed by atoms with Gasteiger partial charge in [0.05, 0.1) is 11.2 Å². The molecule has 1 unspecified atom stereocenters. The molecule has 1 N–H and O–H groups in total. The van der Waals surface area contributed by atoms with Crippen LogP contribution in [0.5, 0.6) is 0 Å². The normalized spacial score (nSPS) is 15.5. The minimum absolute atomic E-state index is 0.367. The summed E-state index contributed by atoms with van der Waals surface area (Å²) in [6.07, 6.45) is 1.81. The summed E-state index contributed by atoms with van der Waals surface area (Å²) in [7, 11) is 0. The molecule has 174 valence electrons. The van der Waals surface area contributed by atoms with Gasteiger partial charge in [-0.05, 0) is 83.0 Å². The van der Waals surface area contributed by atoms with Crippen molar-refractivity contribution in [2.24, 2.45) is 0 Å². The summed E-state index contributed by atoms with van der Waals surface area (Å²) in [4.78, 5) is 9.44. The smallest absolute Gasteiger partial charge is 0.0737 e. The zero-order valence-corrected chi connectivity index (χ0v) is 22.7. The second-order valence-electron chi connectivity index (χ2n) is 8.56. The SMILES string of the molecule is CC(c1ccc(Nc2ccnc3cc(Cl)ccc23)cc1)N1CCN(c2cc(Br)ccc2Br)CC1. The predicted octanol–water partition coefficient (Wildman–Crippen LogP) is 8.04. The minimum atomic E-state index is 0.367. The van der Waals surface area contributed by atoms with Crippen LogP contribution >= 0.6 is 43.5 Å². The molecule has 0 saturated carbocycles. The maximum Gasteiger partial charge on any atom is 0.0737 e. The molecule has 3 aromatic carbocycles. The van der Waals surface area contributed by atoms with E-state index in [1.165, 1.54) is 11.3 Å². The molecule has 0 radical (unpaired) electrons. The van der Waals surface area contributed by atoms with Gasteiger partial charge in [-0.25, -0.2) is 0 Å². The Labute approximate surface area is 222 Å². The van der Waals surface area contributed by atoms with Gasteiger partial charge in [-0.3, -0.25) is 9.88 Å². The highest BCUT2D eigenvalue weighted by molar-refractivity contribution is 9.11. The number of aromatic nitrogens is 1. The quantitative estimate of drug-likeness (QED) is 0.251. The van der Waals surface area contributed by atoms with Gasteiger partial charge in [-0.2, -0.15) is 0 Å². The maximum atomic E-state index is 6.12. The fourth-order valence-corrected chi connectivity index (χ4v) is 5.53. The van der Waals surface area contributed by atoms with E-state index in [0.29, 0.717) is 11.1 Å². The molecule has 1 aliphatic heterocycles. The zero-order valence-electron chi connectivity index (χ0n) is 18.8. The van der Waals surface area contributed by atoms with E-state index in [1.54, 1.807) is 0 Å². The zero-order chi connectivity index (χ0) is 23.7. The van der Waals surface area contributed by atoms with Gasteiger partial charge in [-0.1, -0.05) is 39.7 Å². The Kier molecular flexibility index (Phi) is 7.11. The number of halogens is 3. The first kappa shape index (κ1) is 23.6. The monoisotopic (exact) mass is 598 g/mol. The summed E-state index contributed by atoms with van der Waals surface area (Å²) in [5.41, 5.74) is 5.55. The number of anilines is 3. The van der Waals surface area contributed by atoms with Crippen molar-refractivity contribution in [3.63, 3.8) is 0 Å². The Morgan fingerprint density at radius 3 is 2.44 bits per heavy atom. The van der Waals surface area contributed by atoms with Crippen molar-refractivity contribution in [3.8, 4) is 0 Å². The molecule has 1 aliphatic rings.